The second-order valence-corrected chi connectivity index (χ2v) is 12.4. The van der Waals surface area contributed by atoms with Crippen LogP contribution in [0.5, 0.6) is 0 Å². The minimum atomic E-state index is -5.08. The summed E-state index contributed by atoms with van der Waals surface area (Å²) in [5, 5.41) is 17.1. The third-order valence-electron chi connectivity index (χ3n) is 6.62. The zero-order valence-electron chi connectivity index (χ0n) is 25.3. The lowest BCUT2D eigenvalue weighted by atomic mass is 10.0. The number of nitrogens with one attached hydrogen (secondary N) is 3. The van der Waals surface area contributed by atoms with E-state index in [1.165, 1.54) is 38.1 Å². The zero-order valence-corrected chi connectivity index (χ0v) is 26.1. The minimum absolute atomic E-state index is 0.0383. The molecular formula is C31H31F4N5O6S. The second kappa shape index (κ2) is 14.9. The fourth-order valence-corrected chi connectivity index (χ4v) is 5.49. The highest BCUT2D eigenvalue weighted by molar-refractivity contribution is 7.91. The molecule has 6 N–H and O–H groups in total. The number of carbonyl (C=O) groups is 3. The lowest BCUT2D eigenvalue weighted by Crippen LogP contribution is -2.34. The predicted molar refractivity (Wildman–Crippen MR) is 168 cm³/mol. The fraction of sp³-hybridized carbons (Fsp3) is 0.226. The number of carbonyl (C=O) groups excluding carboxylic acids is 2. The molecule has 0 aliphatic heterocycles. The van der Waals surface area contributed by atoms with Crippen molar-refractivity contribution in [1.82, 2.24) is 10.3 Å². The van der Waals surface area contributed by atoms with Crippen LogP contribution in [-0.2, 0) is 30.8 Å². The van der Waals surface area contributed by atoms with E-state index in [0.717, 1.165) is 16.3 Å². The van der Waals surface area contributed by atoms with E-state index in [9.17, 15) is 31.2 Å². The first-order chi connectivity index (χ1) is 21.9. The van der Waals surface area contributed by atoms with Gasteiger partial charge in [0.2, 0.25) is 11.8 Å². The summed E-state index contributed by atoms with van der Waals surface area (Å²) in [5.41, 5.74) is 8.06. The van der Waals surface area contributed by atoms with Gasteiger partial charge in [0.15, 0.2) is 9.84 Å². The number of amides is 2. The Balaban J connectivity index is 0.000000771. The molecule has 0 aliphatic carbocycles. The van der Waals surface area contributed by atoms with Crippen molar-refractivity contribution >= 4 is 55.6 Å². The lowest BCUT2D eigenvalue weighted by molar-refractivity contribution is -0.192. The van der Waals surface area contributed by atoms with Gasteiger partial charge in [-0.25, -0.2) is 22.6 Å². The van der Waals surface area contributed by atoms with E-state index < -0.39 is 39.7 Å². The Labute approximate surface area is 267 Å². The predicted octanol–water partition coefficient (Wildman–Crippen LogP) is 5.12. The van der Waals surface area contributed by atoms with Crippen molar-refractivity contribution in [1.29, 1.82) is 0 Å². The zero-order chi connectivity index (χ0) is 35.1. The highest BCUT2D eigenvalue weighted by Crippen LogP contribution is 2.28. The molecule has 250 valence electrons. The first kappa shape index (κ1) is 36.2. The van der Waals surface area contributed by atoms with Crippen molar-refractivity contribution in [3.05, 3.63) is 89.4 Å². The van der Waals surface area contributed by atoms with Gasteiger partial charge in [-0.1, -0.05) is 24.6 Å². The number of anilines is 3. The number of hydrogen-bond acceptors (Lipinski definition) is 8. The molecule has 0 bridgehead atoms. The highest BCUT2D eigenvalue weighted by atomic mass is 32.2. The van der Waals surface area contributed by atoms with E-state index in [4.69, 9.17) is 15.6 Å². The summed E-state index contributed by atoms with van der Waals surface area (Å²) < 4.78 is 72.2. The number of nitrogens with zero attached hydrogens (tertiary/aromatic N) is 1. The molecule has 16 heteroatoms. The Bertz CT molecular complexity index is 1920. The molecule has 1 unspecified atom stereocenters. The molecule has 0 saturated carbocycles. The van der Waals surface area contributed by atoms with E-state index in [-0.39, 0.29) is 28.7 Å². The van der Waals surface area contributed by atoms with Gasteiger partial charge in [0.1, 0.15) is 17.7 Å². The monoisotopic (exact) mass is 677 g/mol. The van der Waals surface area contributed by atoms with Crippen molar-refractivity contribution in [3.8, 4) is 0 Å². The first-order valence-corrected chi connectivity index (χ1v) is 15.5. The standard InChI is InChI=1S/C29H30FN5O4S.C2HF3O2/c1-4-40(38,39)26-10-7-21(34-18(3)36)15-20(26)16-33-29(37)27(24-13-17(2)5-9-25(24)30)35-22-6-8-23-19(14-22)11-12-32-28(23)31;3-2(4,5)1(6)7/h5-15,27,35H,4,16H2,1-3H3,(H2,31,32)(H,33,37)(H,34,36);(H,6,7). The van der Waals surface area contributed by atoms with Gasteiger partial charge >= 0.3 is 12.1 Å². The Morgan fingerprint density at radius 2 is 1.66 bits per heavy atom. The Kier molecular flexibility index (Phi) is 11.5. The number of nitrogens with two attached hydrogens (primary N) is 1. The van der Waals surface area contributed by atoms with Crippen LogP contribution < -0.4 is 21.7 Å². The van der Waals surface area contributed by atoms with E-state index >= 15 is 4.39 Å². The van der Waals surface area contributed by atoms with Gasteiger partial charge in [-0.05, 0) is 66.4 Å². The number of halogens is 4. The van der Waals surface area contributed by atoms with Crippen molar-refractivity contribution < 1.29 is 45.5 Å². The van der Waals surface area contributed by atoms with Gasteiger partial charge in [0.05, 0.1) is 10.6 Å². The summed E-state index contributed by atoms with van der Waals surface area (Å²) in [6, 6.07) is 14.8. The topological polar surface area (TPSA) is 181 Å². The summed E-state index contributed by atoms with van der Waals surface area (Å²) in [6.45, 7) is 4.47. The molecule has 47 heavy (non-hydrogen) atoms. The molecular weight excluding hydrogens is 646 g/mol. The number of nitrogen functional groups attached to an aromatic ring is 1. The number of benzene rings is 3. The van der Waals surface area contributed by atoms with Crippen LogP contribution in [0.3, 0.4) is 0 Å². The number of fused-ring (bicyclic) bond motifs is 1. The van der Waals surface area contributed by atoms with Crippen LogP contribution in [0, 0.1) is 12.7 Å². The quantitative estimate of drug-likeness (QED) is 0.150. The van der Waals surface area contributed by atoms with E-state index in [1.54, 1.807) is 49.5 Å². The van der Waals surface area contributed by atoms with Gasteiger partial charge in [0.25, 0.3) is 0 Å². The van der Waals surface area contributed by atoms with E-state index in [1.807, 2.05) is 0 Å². The Hall–Kier alpha value is -5.25. The first-order valence-electron chi connectivity index (χ1n) is 13.8. The number of alkyl halides is 3. The van der Waals surface area contributed by atoms with Crippen LogP contribution in [0.4, 0.5) is 34.8 Å². The SMILES string of the molecule is CCS(=O)(=O)c1ccc(NC(C)=O)cc1CNC(=O)C(Nc1ccc2c(N)nccc2c1)c1cc(C)ccc1F.O=C(O)C(F)(F)F. The largest absolute Gasteiger partial charge is 0.490 e. The average Bonchev–Trinajstić information content (AvgIpc) is 2.99. The molecule has 1 aromatic heterocycles. The number of carboxylic acids is 1. The number of pyridine rings is 1. The van der Waals surface area contributed by atoms with Crippen LogP contribution in [0.1, 0.15) is 36.6 Å². The van der Waals surface area contributed by atoms with Crippen LogP contribution in [-0.4, -0.2) is 48.2 Å². The maximum Gasteiger partial charge on any atom is 0.490 e. The normalized spacial score (nSPS) is 12.0. The highest BCUT2D eigenvalue weighted by Gasteiger charge is 2.38. The molecule has 0 fully saturated rings. The summed E-state index contributed by atoms with van der Waals surface area (Å²) >= 11 is 0. The van der Waals surface area contributed by atoms with Crippen LogP contribution >= 0.6 is 0 Å². The van der Waals surface area contributed by atoms with Gasteiger partial charge in [-0.15, -0.1) is 0 Å². The van der Waals surface area contributed by atoms with Gasteiger partial charge < -0.3 is 26.8 Å². The molecule has 4 aromatic rings. The summed E-state index contributed by atoms with van der Waals surface area (Å²) in [7, 11) is -3.63. The van der Waals surface area contributed by atoms with Gasteiger partial charge in [0, 0.05) is 42.0 Å². The van der Waals surface area contributed by atoms with Gasteiger partial charge in [-0.2, -0.15) is 13.2 Å². The third kappa shape index (κ3) is 9.62. The molecule has 0 aliphatic rings. The molecule has 0 saturated heterocycles. The molecule has 2 amide bonds. The maximum absolute atomic E-state index is 15.0. The number of aromatic nitrogens is 1. The molecule has 1 heterocycles. The average molecular weight is 678 g/mol. The van der Waals surface area contributed by atoms with Crippen LogP contribution in [0.2, 0.25) is 0 Å². The number of aryl methyl sites for hydroxylation is 1. The smallest absolute Gasteiger partial charge is 0.475 e. The van der Waals surface area contributed by atoms with E-state index in [2.05, 4.69) is 20.9 Å². The summed E-state index contributed by atoms with van der Waals surface area (Å²) in [4.78, 5) is 38.2. The Morgan fingerprint density at radius 1 is 1.00 bits per heavy atom. The minimum Gasteiger partial charge on any atom is -0.475 e. The number of carboxylic acid groups (broad SMARTS) is 1. The van der Waals surface area contributed by atoms with E-state index in [0.29, 0.717) is 22.8 Å². The van der Waals surface area contributed by atoms with Crippen molar-refractivity contribution in [2.24, 2.45) is 0 Å². The molecule has 11 nitrogen and oxygen atoms in total. The third-order valence-corrected chi connectivity index (χ3v) is 8.45. The Morgan fingerprint density at radius 3 is 2.28 bits per heavy atom. The van der Waals surface area contributed by atoms with Gasteiger partial charge in [-0.3, -0.25) is 9.59 Å². The molecule has 1 atom stereocenters. The number of aliphatic carboxylic acids is 1. The van der Waals surface area contributed by atoms with Crippen molar-refractivity contribution in [2.75, 3.05) is 22.1 Å². The lowest BCUT2D eigenvalue weighted by Gasteiger charge is -2.22. The van der Waals surface area contributed by atoms with Crippen LogP contribution in [0.15, 0.2) is 71.8 Å². The number of rotatable bonds is 9. The maximum atomic E-state index is 15.0. The number of sulfone groups is 1. The molecule has 0 spiro atoms. The molecule has 3 aromatic carbocycles. The van der Waals surface area contributed by atoms with Crippen molar-refractivity contribution in [3.63, 3.8) is 0 Å². The van der Waals surface area contributed by atoms with Crippen LogP contribution in [0.25, 0.3) is 10.8 Å². The van der Waals surface area contributed by atoms with Crippen molar-refractivity contribution in [2.45, 2.75) is 44.4 Å². The summed E-state index contributed by atoms with van der Waals surface area (Å²) in [5.74, 6) is -4.02. The number of hydrogen-bond donors (Lipinski definition) is 5. The summed E-state index contributed by atoms with van der Waals surface area (Å²) in [6.07, 6.45) is -3.51. The molecule has 4 rings (SSSR count). The molecule has 0 radical (unpaired) electrons. The second-order valence-electron chi connectivity index (χ2n) is 10.2. The fourth-order valence-electron chi connectivity index (χ4n) is 4.37.